The molecule has 1 N–H and O–H groups in total. The Morgan fingerprint density at radius 2 is 1.71 bits per heavy atom. The van der Waals surface area contributed by atoms with Crippen LogP contribution in [0.4, 0.5) is 0 Å². The number of hydrogen-bond donors (Lipinski definition) is 1. The zero-order chi connectivity index (χ0) is 16.2. The largest absolute Gasteiger partial charge is 0.480 e. The molecule has 21 heavy (non-hydrogen) atoms. The third-order valence-corrected chi connectivity index (χ3v) is 3.32. The molecule has 0 fully saturated rings. The van der Waals surface area contributed by atoms with E-state index in [0.717, 1.165) is 23.4 Å². The molecule has 0 aliphatic rings. The molecular weight excluding hydrogens is 264 g/mol. The minimum Gasteiger partial charge on any atom is -0.480 e. The van der Waals surface area contributed by atoms with Crippen LogP contribution in [0.25, 0.3) is 0 Å². The third-order valence-electron chi connectivity index (χ3n) is 3.32. The van der Waals surface area contributed by atoms with E-state index in [1.54, 1.807) is 25.9 Å². The molecule has 1 aromatic carbocycles. The van der Waals surface area contributed by atoms with E-state index in [-0.39, 0.29) is 5.91 Å². The smallest absolute Gasteiger partial charge is 0.262 e. The Hall–Kier alpha value is -1.55. The van der Waals surface area contributed by atoms with Gasteiger partial charge >= 0.3 is 0 Å². The molecule has 1 atom stereocenters. The normalized spacial score (nSPS) is 12.4. The number of likely N-dealkylation sites (N-methyl/N-ethyl adjacent to an activating group) is 1. The van der Waals surface area contributed by atoms with E-state index in [1.807, 2.05) is 13.8 Å². The van der Waals surface area contributed by atoms with Crippen molar-refractivity contribution in [3.05, 3.63) is 28.8 Å². The Morgan fingerprint density at radius 1 is 1.19 bits per heavy atom. The first-order chi connectivity index (χ1) is 9.72. The van der Waals surface area contributed by atoms with Crippen molar-refractivity contribution >= 4 is 5.91 Å². The number of nitrogens with zero attached hydrogens (tertiary/aromatic N) is 1. The number of nitrogens with one attached hydrogen (secondary N) is 1. The Labute approximate surface area is 128 Å². The highest BCUT2D eigenvalue weighted by Gasteiger charge is 2.18. The van der Waals surface area contributed by atoms with Crippen LogP contribution in [0.1, 0.15) is 37.5 Å². The third kappa shape index (κ3) is 5.05. The van der Waals surface area contributed by atoms with Gasteiger partial charge in [-0.05, 0) is 37.5 Å². The number of carbonyl (C=O) groups is 1. The zero-order valence-electron chi connectivity index (χ0n) is 14.3. The van der Waals surface area contributed by atoms with Gasteiger partial charge in [0.1, 0.15) is 5.75 Å². The SMILES string of the molecule is Cc1cc(CNC(C)C)cc(C)c1OC(C)C(=O)N(C)C. The minimum atomic E-state index is -0.475. The minimum absolute atomic E-state index is 0.0284. The maximum atomic E-state index is 11.9. The summed E-state index contributed by atoms with van der Waals surface area (Å²) in [6.45, 7) is 10.9. The first-order valence-corrected chi connectivity index (χ1v) is 7.43. The van der Waals surface area contributed by atoms with E-state index in [0.29, 0.717) is 6.04 Å². The first kappa shape index (κ1) is 17.5. The van der Waals surface area contributed by atoms with Crippen molar-refractivity contribution < 1.29 is 9.53 Å². The van der Waals surface area contributed by atoms with Gasteiger partial charge in [0.25, 0.3) is 5.91 Å². The number of aryl methyl sites for hydroxylation is 2. The second-order valence-electron chi connectivity index (χ2n) is 6.09. The molecule has 1 amide bonds. The standard InChI is InChI=1S/C17H28N2O2/c1-11(2)18-10-15-8-12(3)16(13(4)9-15)21-14(5)17(20)19(6)7/h8-9,11,14,18H,10H2,1-7H3. The second kappa shape index (κ2) is 7.46. The van der Waals surface area contributed by atoms with Crippen molar-refractivity contribution in [2.24, 2.45) is 0 Å². The summed E-state index contributed by atoms with van der Waals surface area (Å²) in [6, 6.07) is 4.69. The molecule has 4 nitrogen and oxygen atoms in total. The topological polar surface area (TPSA) is 41.6 Å². The van der Waals surface area contributed by atoms with Crippen LogP contribution in [0.3, 0.4) is 0 Å². The van der Waals surface area contributed by atoms with Gasteiger partial charge in [-0.15, -0.1) is 0 Å². The Bertz CT molecular complexity index is 473. The molecule has 118 valence electrons. The summed E-state index contributed by atoms with van der Waals surface area (Å²) in [5.41, 5.74) is 3.36. The van der Waals surface area contributed by atoms with Gasteiger partial charge < -0.3 is 15.0 Å². The van der Waals surface area contributed by atoms with Gasteiger partial charge in [0.15, 0.2) is 6.10 Å². The van der Waals surface area contributed by atoms with Gasteiger partial charge in [-0.2, -0.15) is 0 Å². The molecule has 0 saturated carbocycles. The fourth-order valence-corrected chi connectivity index (χ4v) is 2.24. The monoisotopic (exact) mass is 292 g/mol. The predicted octanol–water partition coefficient (Wildman–Crippen LogP) is 2.66. The summed E-state index contributed by atoms with van der Waals surface area (Å²) in [5.74, 6) is 0.783. The highest BCUT2D eigenvalue weighted by molar-refractivity contribution is 5.80. The molecule has 0 aliphatic carbocycles. The maximum Gasteiger partial charge on any atom is 0.262 e. The van der Waals surface area contributed by atoms with E-state index in [9.17, 15) is 4.79 Å². The number of rotatable bonds is 6. The van der Waals surface area contributed by atoms with E-state index in [1.165, 1.54) is 5.56 Å². The Morgan fingerprint density at radius 3 is 2.14 bits per heavy atom. The molecule has 0 aromatic heterocycles. The van der Waals surface area contributed by atoms with Gasteiger partial charge in [-0.3, -0.25) is 4.79 Å². The lowest BCUT2D eigenvalue weighted by atomic mass is 10.1. The van der Waals surface area contributed by atoms with Crippen LogP contribution in [0.2, 0.25) is 0 Å². The van der Waals surface area contributed by atoms with Gasteiger partial charge in [-0.25, -0.2) is 0 Å². The molecule has 0 bridgehead atoms. The molecule has 0 radical (unpaired) electrons. The van der Waals surface area contributed by atoms with Gasteiger partial charge in [0.2, 0.25) is 0 Å². The summed E-state index contributed by atoms with van der Waals surface area (Å²) >= 11 is 0. The molecular formula is C17H28N2O2. The summed E-state index contributed by atoms with van der Waals surface area (Å²) in [5, 5.41) is 3.41. The molecule has 4 heteroatoms. The number of hydrogen-bond acceptors (Lipinski definition) is 3. The average Bonchev–Trinajstić information content (AvgIpc) is 2.39. The number of carbonyl (C=O) groups excluding carboxylic acids is 1. The molecule has 0 aliphatic heterocycles. The van der Waals surface area contributed by atoms with E-state index in [4.69, 9.17) is 4.74 Å². The van der Waals surface area contributed by atoms with Gasteiger partial charge in [0.05, 0.1) is 0 Å². The lowest BCUT2D eigenvalue weighted by Gasteiger charge is -2.21. The Balaban J connectivity index is 2.87. The molecule has 1 rings (SSSR count). The van der Waals surface area contributed by atoms with Crippen LogP contribution < -0.4 is 10.1 Å². The lowest BCUT2D eigenvalue weighted by Crippen LogP contribution is -2.35. The van der Waals surface area contributed by atoms with Crippen LogP contribution in [0, 0.1) is 13.8 Å². The number of ether oxygens (including phenoxy) is 1. The van der Waals surface area contributed by atoms with Crippen molar-refractivity contribution in [1.82, 2.24) is 10.2 Å². The quantitative estimate of drug-likeness (QED) is 0.876. The molecule has 1 aromatic rings. The van der Waals surface area contributed by atoms with Gasteiger partial charge in [0, 0.05) is 26.7 Å². The summed E-state index contributed by atoms with van der Waals surface area (Å²) in [4.78, 5) is 13.5. The number of amides is 1. The fourth-order valence-electron chi connectivity index (χ4n) is 2.24. The van der Waals surface area contributed by atoms with Crippen LogP contribution in [0.15, 0.2) is 12.1 Å². The molecule has 0 saturated heterocycles. The zero-order valence-corrected chi connectivity index (χ0v) is 14.3. The average molecular weight is 292 g/mol. The van der Waals surface area contributed by atoms with Crippen molar-refractivity contribution in [3.8, 4) is 5.75 Å². The second-order valence-corrected chi connectivity index (χ2v) is 6.09. The summed E-state index contributed by atoms with van der Waals surface area (Å²) in [7, 11) is 3.48. The van der Waals surface area contributed by atoms with Crippen molar-refractivity contribution in [2.75, 3.05) is 14.1 Å². The molecule has 0 spiro atoms. The Kier molecular flexibility index (Phi) is 6.21. The highest BCUT2D eigenvalue weighted by atomic mass is 16.5. The maximum absolute atomic E-state index is 11.9. The molecule has 0 heterocycles. The van der Waals surface area contributed by atoms with Crippen molar-refractivity contribution in [3.63, 3.8) is 0 Å². The first-order valence-electron chi connectivity index (χ1n) is 7.43. The van der Waals surface area contributed by atoms with E-state index >= 15 is 0 Å². The molecule has 1 unspecified atom stereocenters. The van der Waals surface area contributed by atoms with E-state index < -0.39 is 6.10 Å². The fraction of sp³-hybridized carbons (Fsp3) is 0.588. The predicted molar refractivity (Wildman–Crippen MR) is 86.7 cm³/mol. The van der Waals surface area contributed by atoms with E-state index in [2.05, 4.69) is 31.3 Å². The van der Waals surface area contributed by atoms with Crippen LogP contribution in [0.5, 0.6) is 5.75 Å². The van der Waals surface area contributed by atoms with Crippen LogP contribution in [-0.4, -0.2) is 37.0 Å². The van der Waals surface area contributed by atoms with Crippen LogP contribution in [-0.2, 0) is 11.3 Å². The highest BCUT2D eigenvalue weighted by Crippen LogP contribution is 2.26. The number of benzene rings is 1. The summed E-state index contributed by atoms with van der Waals surface area (Å²) in [6.07, 6.45) is -0.475. The lowest BCUT2D eigenvalue weighted by molar-refractivity contribution is -0.135. The summed E-state index contributed by atoms with van der Waals surface area (Å²) < 4.78 is 5.87. The van der Waals surface area contributed by atoms with Gasteiger partial charge in [-0.1, -0.05) is 26.0 Å². The van der Waals surface area contributed by atoms with Crippen molar-refractivity contribution in [2.45, 2.75) is 53.3 Å². The van der Waals surface area contributed by atoms with Crippen LogP contribution >= 0.6 is 0 Å². The van der Waals surface area contributed by atoms with Crippen molar-refractivity contribution in [1.29, 1.82) is 0 Å².